The zero-order chi connectivity index (χ0) is 12.3. The van der Waals surface area contributed by atoms with Gasteiger partial charge in [-0.2, -0.15) is 0 Å². The summed E-state index contributed by atoms with van der Waals surface area (Å²) >= 11 is 0. The van der Waals surface area contributed by atoms with E-state index in [-0.39, 0.29) is 12.0 Å². The van der Waals surface area contributed by atoms with Crippen LogP contribution in [0.5, 0.6) is 0 Å². The third-order valence-corrected chi connectivity index (χ3v) is 3.12. The monoisotopic (exact) mass is 234 g/mol. The van der Waals surface area contributed by atoms with Crippen LogP contribution in [0.25, 0.3) is 0 Å². The number of nitrogens with two attached hydrogens (primary N) is 1. The Labute approximate surface area is 101 Å². The van der Waals surface area contributed by atoms with Gasteiger partial charge in [-0.1, -0.05) is 17.7 Å². The molecular formula is C13H18N2O2. The van der Waals surface area contributed by atoms with Crippen LogP contribution in [0, 0.1) is 6.92 Å². The van der Waals surface area contributed by atoms with E-state index < -0.39 is 0 Å². The standard InChI is InChI=1S/C13H18N2O2/c1-10-4-2-5-11(8-10)13(16)15-7-3-6-12(9-15)17-14/h2,4-5,8,12H,3,6-7,9,14H2,1H3. The second kappa shape index (κ2) is 5.29. The van der Waals surface area contributed by atoms with Gasteiger partial charge in [-0.3, -0.25) is 9.63 Å². The average molecular weight is 234 g/mol. The summed E-state index contributed by atoms with van der Waals surface area (Å²) in [5, 5.41) is 0. The Bertz CT molecular complexity index is 406. The molecule has 2 N–H and O–H groups in total. The molecule has 1 amide bonds. The normalized spacial score (nSPS) is 20.4. The van der Waals surface area contributed by atoms with Gasteiger partial charge in [0, 0.05) is 18.7 Å². The second-order valence-corrected chi connectivity index (χ2v) is 4.52. The third kappa shape index (κ3) is 2.84. The average Bonchev–Trinajstić information content (AvgIpc) is 2.38. The van der Waals surface area contributed by atoms with Crippen molar-refractivity contribution >= 4 is 5.91 Å². The van der Waals surface area contributed by atoms with Crippen molar-refractivity contribution in [3.63, 3.8) is 0 Å². The summed E-state index contributed by atoms with van der Waals surface area (Å²) < 4.78 is 0. The van der Waals surface area contributed by atoms with Crippen molar-refractivity contribution < 1.29 is 9.63 Å². The molecule has 0 radical (unpaired) electrons. The Balaban J connectivity index is 2.09. The molecule has 4 nitrogen and oxygen atoms in total. The molecule has 0 bridgehead atoms. The molecule has 0 saturated carbocycles. The number of nitrogens with zero attached hydrogens (tertiary/aromatic N) is 1. The van der Waals surface area contributed by atoms with Crippen LogP contribution in [0.2, 0.25) is 0 Å². The molecule has 2 rings (SSSR count). The lowest BCUT2D eigenvalue weighted by atomic mass is 10.1. The van der Waals surface area contributed by atoms with Crippen molar-refractivity contribution in [1.82, 2.24) is 4.90 Å². The largest absolute Gasteiger partial charge is 0.336 e. The SMILES string of the molecule is Cc1cccc(C(=O)N2CCCC(ON)C2)c1. The minimum atomic E-state index is -0.0301. The fourth-order valence-corrected chi connectivity index (χ4v) is 2.19. The summed E-state index contributed by atoms with van der Waals surface area (Å²) in [7, 11) is 0. The van der Waals surface area contributed by atoms with Crippen molar-refractivity contribution in [2.24, 2.45) is 5.90 Å². The number of likely N-dealkylation sites (tertiary alicyclic amines) is 1. The Kier molecular flexibility index (Phi) is 3.76. The van der Waals surface area contributed by atoms with Crippen molar-refractivity contribution in [3.05, 3.63) is 35.4 Å². The summed E-state index contributed by atoms with van der Waals surface area (Å²) in [5.74, 6) is 5.26. The van der Waals surface area contributed by atoms with Gasteiger partial charge in [0.25, 0.3) is 5.91 Å². The number of hydrogen-bond acceptors (Lipinski definition) is 3. The van der Waals surface area contributed by atoms with E-state index in [9.17, 15) is 4.79 Å². The van der Waals surface area contributed by atoms with Crippen LogP contribution < -0.4 is 5.90 Å². The van der Waals surface area contributed by atoms with Crippen LogP contribution >= 0.6 is 0 Å². The van der Waals surface area contributed by atoms with Gasteiger partial charge < -0.3 is 4.90 Å². The highest BCUT2D eigenvalue weighted by molar-refractivity contribution is 5.94. The molecule has 17 heavy (non-hydrogen) atoms. The second-order valence-electron chi connectivity index (χ2n) is 4.52. The predicted octanol–water partition coefficient (Wildman–Crippen LogP) is 1.49. The zero-order valence-electron chi connectivity index (χ0n) is 10.1. The predicted molar refractivity (Wildman–Crippen MR) is 65.4 cm³/mol. The third-order valence-electron chi connectivity index (χ3n) is 3.12. The molecule has 1 aromatic rings. The Morgan fingerprint density at radius 2 is 2.35 bits per heavy atom. The number of amides is 1. The summed E-state index contributed by atoms with van der Waals surface area (Å²) in [6, 6.07) is 7.65. The molecule has 1 heterocycles. The molecule has 0 aromatic heterocycles. The molecule has 1 aliphatic heterocycles. The van der Waals surface area contributed by atoms with E-state index in [1.165, 1.54) is 0 Å². The highest BCUT2D eigenvalue weighted by Gasteiger charge is 2.24. The van der Waals surface area contributed by atoms with Crippen molar-refractivity contribution in [3.8, 4) is 0 Å². The van der Waals surface area contributed by atoms with Gasteiger partial charge in [-0.15, -0.1) is 0 Å². The molecule has 0 spiro atoms. The number of rotatable bonds is 2. The van der Waals surface area contributed by atoms with Crippen molar-refractivity contribution in [2.75, 3.05) is 13.1 Å². The van der Waals surface area contributed by atoms with E-state index in [1.807, 2.05) is 36.1 Å². The molecule has 1 atom stereocenters. The van der Waals surface area contributed by atoms with Gasteiger partial charge in [0.15, 0.2) is 0 Å². The fraction of sp³-hybridized carbons (Fsp3) is 0.462. The first-order valence-electron chi connectivity index (χ1n) is 5.92. The van der Waals surface area contributed by atoms with Crippen LogP contribution in [0.15, 0.2) is 24.3 Å². The van der Waals surface area contributed by atoms with E-state index >= 15 is 0 Å². The van der Waals surface area contributed by atoms with E-state index in [4.69, 9.17) is 10.7 Å². The smallest absolute Gasteiger partial charge is 0.253 e. The number of hydrogen-bond donors (Lipinski definition) is 1. The van der Waals surface area contributed by atoms with Crippen LogP contribution in [0.4, 0.5) is 0 Å². The van der Waals surface area contributed by atoms with E-state index in [0.29, 0.717) is 6.54 Å². The molecular weight excluding hydrogens is 216 g/mol. The first-order chi connectivity index (χ1) is 8.20. The Morgan fingerprint density at radius 1 is 1.53 bits per heavy atom. The van der Waals surface area contributed by atoms with Crippen molar-refractivity contribution in [2.45, 2.75) is 25.9 Å². The zero-order valence-corrected chi connectivity index (χ0v) is 10.1. The summed E-state index contributed by atoms with van der Waals surface area (Å²) in [5.41, 5.74) is 1.84. The van der Waals surface area contributed by atoms with Gasteiger partial charge >= 0.3 is 0 Å². The van der Waals surface area contributed by atoms with Gasteiger partial charge in [-0.25, -0.2) is 5.90 Å². The quantitative estimate of drug-likeness (QED) is 0.789. The summed E-state index contributed by atoms with van der Waals surface area (Å²) in [6.07, 6.45) is 1.84. The molecule has 1 unspecified atom stereocenters. The van der Waals surface area contributed by atoms with Gasteiger partial charge in [-0.05, 0) is 31.9 Å². The maximum absolute atomic E-state index is 12.2. The number of benzene rings is 1. The lowest BCUT2D eigenvalue weighted by molar-refractivity contribution is 0.000963. The van der Waals surface area contributed by atoms with Gasteiger partial charge in [0.1, 0.15) is 0 Å². The minimum Gasteiger partial charge on any atom is -0.336 e. The Hall–Kier alpha value is -1.39. The van der Waals surface area contributed by atoms with Crippen molar-refractivity contribution in [1.29, 1.82) is 0 Å². The maximum atomic E-state index is 12.2. The number of carbonyl (C=O) groups is 1. The highest BCUT2D eigenvalue weighted by Crippen LogP contribution is 2.15. The number of carbonyl (C=O) groups excluding carboxylic acids is 1. The maximum Gasteiger partial charge on any atom is 0.253 e. The van der Waals surface area contributed by atoms with Crippen LogP contribution in [-0.4, -0.2) is 30.0 Å². The molecule has 1 fully saturated rings. The number of piperidine rings is 1. The molecule has 1 aliphatic rings. The molecule has 4 heteroatoms. The van der Waals surface area contributed by atoms with E-state index in [2.05, 4.69) is 0 Å². The summed E-state index contributed by atoms with van der Waals surface area (Å²) in [4.78, 5) is 18.9. The van der Waals surface area contributed by atoms with Gasteiger partial charge in [0.05, 0.1) is 6.10 Å². The first-order valence-corrected chi connectivity index (χ1v) is 5.92. The van der Waals surface area contributed by atoms with Crippen LogP contribution in [0.1, 0.15) is 28.8 Å². The minimum absolute atomic E-state index is 0.0301. The molecule has 1 aromatic carbocycles. The lowest BCUT2D eigenvalue weighted by Gasteiger charge is -2.31. The van der Waals surface area contributed by atoms with Crippen LogP contribution in [0.3, 0.4) is 0 Å². The first kappa shape index (κ1) is 12.1. The van der Waals surface area contributed by atoms with Crippen LogP contribution in [-0.2, 0) is 4.84 Å². The summed E-state index contributed by atoms with van der Waals surface area (Å²) in [6.45, 7) is 3.36. The Morgan fingerprint density at radius 3 is 3.06 bits per heavy atom. The highest BCUT2D eigenvalue weighted by atomic mass is 16.6. The van der Waals surface area contributed by atoms with Gasteiger partial charge in [0.2, 0.25) is 0 Å². The molecule has 0 aliphatic carbocycles. The van der Waals surface area contributed by atoms with E-state index in [1.54, 1.807) is 0 Å². The fourth-order valence-electron chi connectivity index (χ4n) is 2.19. The van der Waals surface area contributed by atoms with E-state index in [0.717, 1.165) is 30.5 Å². The lowest BCUT2D eigenvalue weighted by Crippen LogP contribution is -2.44. The molecule has 1 saturated heterocycles. The topological polar surface area (TPSA) is 55.6 Å². The number of aryl methyl sites for hydroxylation is 1. The molecule has 92 valence electrons.